The van der Waals surface area contributed by atoms with Crippen molar-refractivity contribution in [3.8, 4) is 23.0 Å². The van der Waals surface area contributed by atoms with Crippen molar-refractivity contribution in [3.05, 3.63) is 82.9 Å². The molecular formula is C29H30N2O4. The van der Waals surface area contributed by atoms with Gasteiger partial charge >= 0.3 is 0 Å². The third-order valence-electron chi connectivity index (χ3n) is 6.38. The minimum Gasteiger partial charge on any atom is -0.494 e. The molecule has 2 aliphatic heterocycles. The quantitative estimate of drug-likeness (QED) is 0.398. The number of aliphatic imine (C=N–C) groups is 1. The highest BCUT2D eigenvalue weighted by atomic mass is 16.5. The minimum absolute atomic E-state index is 0.610. The first-order chi connectivity index (χ1) is 17.2. The molecule has 0 atom stereocenters. The van der Waals surface area contributed by atoms with Gasteiger partial charge in [0.1, 0.15) is 11.6 Å². The first kappa shape index (κ1) is 22.8. The van der Waals surface area contributed by atoms with Crippen molar-refractivity contribution in [1.82, 2.24) is 4.90 Å². The Hall–Kier alpha value is -3.93. The fourth-order valence-corrected chi connectivity index (χ4v) is 4.67. The third kappa shape index (κ3) is 4.56. The summed E-state index contributed by atoms with van der Waals surface area (Å²) in [6, 6.07) is 20.8. The highest BCUT2D eigenvalue weighted by molar-refractivity contribution is 6.12. The van der Waals surface area contributed by atoms with Crippen LogP contribution in [0.1, 0.15) is 28.7 Å². The number of methoxy groups -OCH3 is 3. The predicted molar refractivity (Wildman–Crippen MR) is 139 cm³/mol. The lowest BCUT2D eigenvalue weighted by molar-refractivity contribution is 0.309. The summed E-state index contributed by atoms with van der Waals surface area (Å²) in [5.41, 5.74) is 5.89. The number of rotatable bonds is 9. The standard InChI is InChI=1S/C29H30N2O4/c1-32-26-17-20(18-27(33-2)28(26)34-3)7-6-16-35-23-12-10-21(11-13-23)25-19-22-8-4-5-9-24(22)29-30-14-15-31(25)29/h4-5,8-13,17-19H,6-7,14-16H2,1-3H3. The van der Waals surface area contributed by atoms with Crippen molar-refractivity contribution in [3.63, 3.8) is 0 Å². The van der Waals surface area contributed by atoms with E-state index in [1.807, 2.05) is 24.3 Å². The maximum absolute atomic E-state index is 6.03. The van der Waals surface area contributed by atoms with E-state index >= 15 is 0 Å². The summed E-state index contributed by atoms with van der Waals surface area (Å²) in [5, 5.41) is 0. The fourth-order valence-electron chi connectivity index (χ4n) is 4.67. The van der Waals surface area contributed by atoms with E-state index in [1.165, 1.54) is 22.4 Å². The molecule has 0 aromatic heterocycles. The minimum atomic E-state index is 0.610. The van der Waals surface area contributed by atoms with Crippen LogP contribution in [0, 0.1) is 0 Å². The molecule has 3 aromatic carbocycles. The zero-order valence-electron chi connectivity index (χ0n) is 20.4. The molecule has 6 heteroatoms. The molecule has 3 aromatic rings. The number of aryl methyl sites for hydroxylation is 1. The van der Waals surface area contributed by atoms with Crippen LogP contribution in [-0.4, -0.2) is 51.8 Å². The Balaban J connectivity index is 1.22. The van der Waals surface area contributed by atoms with Crippen LogP contribution in [0.5, 0.6) is 23.0 Å². The summed E-state index contributed by atoms with van der Waals surface area (Å²) in [4.78, 5) is 7.07. The molecule has 0 unspecified atom stereocenters. The van der Waals surface area contributed by atoms with Gasteiger partial charge in [0.15, 0.2) is 11.5 Å². The van der Waals surface area contributed by atoms with Crippen LogP contribution in [0.15, 0.2) is 65.7 Å². The molecule has 0 saturated heterocycles. The van der Waals surface area contributed by atoms with Gasteiger partial charge in [-0.25, -0.2) is 0 Å². The van der Waals surface area contributed by atoms with Crippen LogP contribution in [0.25, 0.3) is 11.8 Å². The van der Waals surface area contributed by atoms with Gasteiger partial charge in [0.2, 0.25) is 5.75 Å². The van der Waals surface area contributed by atoms with Gasteiger partial charge in [-0.05, 0) is 72.0 Å². The van der Waals surface area contributed by atoms with Crippen LogP contribution < -0.4 is 18.9 Å². The van der Waals surface area contributed by atoms with Crippen LogP contribution in [0.2, 0.25) is 0 Å². The van der Waals surface area contributed by atoms with Crippen LogP contribution in [0.4, 0.5) is 0 Å². The van der Waals surface area contributed by atoms with Gasteiger partial charge in [-0.15, -0.1) is 0 Å². The first-order valence-corrected chi connectivity index (χ1v) is 11.9. The smallest absolute Gasteiger partial charge is 0.203 e. The SMILES string of the molecule is COc1cc(CCCOc2ccc(C3=Cc4ccccc4C4=NCCN34)cc2)cc(OC)c1OC. The van der Waals surface area contributed by atoms with Gasteiger partial charge in [0.05, 0.1) is 40.2 Å². The van der Waals surface area contributed by atoms with E-state index < -0.39 is 0 Å². The monoisotopic (exact) mass is 470 g/mol. The second kappa shape index (κ2) is 10.1. The van der Waals surface area contributed by atoms with Crippen LogP contribution in [-0.2, 0) is 6.42 Å². The Morgan fingerprint density at radius 1 is 0.886 bits per heavy atom. The number of ether oxygens (including phenoxy) is 4. The maximum atomic E-state index is 6.03. The molecule has 0 radical (unpaired) electrons. The van der Waals surface area contributed by atoms with E-state index in [4.69, 9.17) is 23.9 Å². The maximum Gasteiger partial charge on any atom is 0.203 e. The molecular weight excluding hydrogens is 440 g/mol. The number of benzene rings is 3. The molecule has 0 N–H and O–H groups in total. The highest BCUT2D eigenvalue weighted by Crippen LogP contribution is 2.38. The second-order valence-corrected chi connectivity index (χ2v) is 8.48. The second-order valence-electron chi connectivity index (χ2n) is 8.48. The topological polar surface area (TPSA) is 52.5 Å². The number of hydrogen-bond acceptors (Lipinski definition) is 6. The van der Waals surface area contributed by atoms with Gasteiger partial charge in [-0.2, -0.15) is 0 Å². The molecule has 2 heterocycles. The summed E-state index contributed by atoms with van der Waals surface area (Å²) in [7, 11) is 4.88. The van der Waals surface area contributed by atoms with Gasteiger partial charge in [0.25, 0.3) is 0 Å². The number of amidine groups is 1. The Morgan fingerprint density at radius 2 is 1.63 bits per heavy atom. The Bertz CT molecular complexity index is 1240. The molecule has 180 valence electrons. The molecule has 5 rings (SSSR count). The van der Waals surface area contributed by atoms with E-state index in [-0.39, 0.29) is 0 Å². The molecule has 0 spiro atoms. The number of nitrogens with zero attached hydrogens (tertiary/aromatic N) is 2. The lowest BCUT2D eigenvalue weighted by atomic mass is 9.97. The van der Waals surface area contributed by atoms with Gasteiger partial charge in [-0.1, -0.05) is 24.3 Å². The van der Waals surface area contributed by atoms with Crippen molar-refractivity contribution >= 4 is 17.6 Å². The van der Waals surface area contributed by atoms with Gasteiger partial charge < -0.3 is 23.8 Å². The van der Waals surface area contributed by atoms with E-state index in [9.17, 15) is 0 Å². The molecule has 6 nitrogen and oxygen atoms in total. The van der Waals surface area contributed by atoms with Gasteiger partial charge in [0, 0.05) is 12.1 Å². The summed E-state index contributed by atoms with van der Waals surface area (Å²) < 4.78 is 22.3. The fraction of sp³-hybridized carbons (Fsp3) is 0.276. The van der Waals surface area contributed by atoms with Crippen molar-refractivity contribution in [2.75, 3.05) is 41.0 Å². The average Bonchev–Trinajstić information content (AvgIpc) is 3.41. The molecule has 0 aliphatic carbocycles. The highest BCUT2D eigenvalue weighted by Gasteiger charge is 2.28. The Morgan fingerprint density at radius 3 is 2.34 bits per heavy atom. The van der Waals surface area contributed by atoms with E-state index in [0.717, 1.165) is 43.1 Å². The third-order valence-corrected chi connectivity index (χ3v) is 6.38. The van der Waals surface area contributed by atoms with Crippen molar-refractivity contribution < 1.29 is 18.9 Å². The van der Waals surface area contributed by atoms with Gasteiger partial charge in [-0.3, -0.25) is 4.99 Å². The Labute approximate surface area is 206 Å². The molecule has 0 amide bonds. The summed E-state index contributed by atoms with van der Waals surface area (Å²) in [6.07, 6.45) is 3.97. The normalized spacial score (nSPS) is 14.0. The molecule has 0 bridgehead atoms. The summed E-state index contributed by atoms with van der Waals surface area (Å²) in [6.45, 7) is 2.36. The summed E-state index contributed by atoms with van der Waals surface area (Å²) >= 11 is 0. The van der Waals surface area contributed by atoms with Crippen LogP contribution in [0.3, 0.4) is 0 Å². The number of hydrogen-bond donors (Lipinski definition) is 0. The number of fused-ring (bicyclic) bond motifs is 3. The predicted octanol–water partition coefficient (Wildman–Crippen LogP) is 5.30. The zero-order chi connectivity index (χ0) is 24.2. The van der Waals surface area contributed by atoms with Crippen molar-refractivity contribution in [1.29, 1.82) is 0 Å². The molecule has 0 saturated carbocycles. The van der Waals surface area contributed by atoms with E-state index in [2.05, 4.69) is 47.4 Å². The van der Waals surface area contributed by atoms with E-state index in [1.54, 1.807) is 21.3 Å². The largest absolute Gasteiger partial charge is 0.494 e. The Kier molecular flexibility index (Phi) is 6.62. The van der Waals surface area contributed by atoms with Crippen molar-refractivity contribution in [2.24, 2.45) is 4.99 Å². The van der Waals surface area contributed by atoms with Crippen LogP contribution >= 0.6 is 0 Å². The lowest BCUT2D eigenvalue weighted by Gasteiger charge is -2.29. The lowest BCUT2D eigenvalue weighted by Crippen LogP contribution is -2.30. The van der Waals surface area contributed by atoms with Crippen molar-refractivity contribution in [2.45, 2.75) is 12.8 Å². The van der Waals surface area contributed by atoms with E-state index in [0.29, 0.717) is 23.9 Å². The zero-order valence-corrected chi connectivity index (χ0v) is 20.4. The first-order valence-electron chi connectivity index (χ1n) is 11.9. The average molecular weight is 471 g/mol. The molecule has 35 heavy (non-hydrogen) atoms. The molecule has 2 aliphatic rings. The molecule has 0 fully saturated rings. The summed E-state index contributed by atoms with van der Waals surface area (Å²) in [5.74, 6) is 3.89.